The van der Waals surface area contributed by atoms with Gasteiger partial charge in [0, 0.05) is 19.7 Å². The number of halogens is 3. The van der Waals surface area contributed by atoms with Crippen LogP contribution in [0.2, 0.25) is 0 Å². The molecule has 1 aromatic heterocycles. The summed E-state index contributed by atoms with van der Waals surface area (Å²) in [6.45, 7) is -0.834. The van der Waals surface area contributed by atoms with Crippen LogP contribution >= 0.6 is 0 Å². The summed E-state index contributed by atoms with van der Waals surface area (Å²) < 4.78 is 37.8. The van der Waals surface area contributed by atoms with E-state index < -0.39 is 36.6 Å². The first-order valence-corrected chi connectivity index (χ1v) is 5.50. The molecule has 0 radical (unpaired) electrons. The van der Waals surface area contributed by atoms with Crippen molar-refractivity contribution in [2.45, 2.75) is 25.2 Å². The highest BCUT2D eigenvalue weighted by molar-refractivity contribution is 5.99. The zero-order chi connectivity index (χ0) is 15.6. The van der Waals surface area contributed by atoms with Crippen LogP contribution in [-0.4, -0.2) is 34.3 Å². The number of aromatic nitrogens is 2. The average Bonchev–Trinajstić information content (AvgIpc) is 2.73. The summed E-state index contributed by atoms with van der Waals surface area (Å²) in [5.41, 5.74) is 8.94. The molecule has 20 heavy (non-hydrogen) atoms. The van der Waals surface area contributed by atoms with Crippen molar-refractivity contribution in [1.82, 2.24) is 15.1 Å². The van der Waals surface area contributed by atoms with Crippen LogP contribution in [-0.2, 0) is 21.7 Å². The molecule has 0 fully saturated rings. The molecule has 10 heteroatoms. The van der Waals surface area contributed by atoms with E-state index in [1.165, 1.54) is 0 Å². The fraction of sp³-hybridized carbons (Fsp3) is 0.500. The molecule has 7 nitrogen and oxygen atoms in total. The SMILES string of the molecule is CC(=O)NC(=O)C(N)(CN)c1ccnn1CC(F)(F)F. The topological polar surface area (TPSA) is 116 Å². The summed E-state index contributed by atoms with van der Waals surface area (Å²) in [5.74, 6) is -1.68. The number of nitrogens with zero attached hydrogens (tertiary/aromatic N) is 2. The summed E-state index contributed by atoms with van der Waals surface area (Å²) in [7, 11) is 0. The van der Waals surface area contributed by atoms with Gasteiger partial charge in [-0.05, 0) is 6.07 Å². The molecule has 0 aliphatic heterocycles. The molecule has 1 rings (SSSR count). The summed E-state index contributed by atoms with van der Waals surface area (Å²) in [6, 6.07) is 1.15. The van der Waals surface area contributed by atoms with E-state index in [4.69, 9.17) is 11.5 Å². The first-order valence-electron chi connectivity index (χ1n) is 5.50. The fourth-order valence-electron chi connectivity index (χ4n) is 1.59. The molecule has 0 aliphatic carbocycles. The van der Waals surface area contributed by atoms with Crippen LogP contribution in [0.5, 0.6) is 0 Å². The number of hydrogen-bond donors (Lipinski definition) is 3. The zero-order valence-electron chi connectivity index (χ0n) is 10.6. The Hall–Kier alpha value is -1.94. The highest BCUT2D eigenvalue weighted by Crippen LogP contribution is 2.22. The molecular formula is C10H14F3N5O2. The van der Waals surface area contributed by atoms with E-state index >= 15 is 0 Å². The highest BCUT2D eigenvalue weighted by atomic mass is 19.4. The lowest BCUT2D eigenvalue weighted by molar-refractivity contribution is -0.144. The number of carbonyl (C=O) groups is 2. The standard InChI is InChI=1S/C10H14F3N5O2/c1-6(19)17-8(20)9(15,4-14)7-2-3-16-18(7)5-10(11,12)13/h2-3H,4-5,14-15H2,1H3,(H,17,19,20). The van der Waals surface area contributed by atoms with Crippen molar-refractivity contribution in [3.05, 3.63) is 18.0 Å². The first kappa shape index (κ1) is 16.1. The van der Waals surface area contributed by atoms with Gasteiger partial charge >= 0.3 is 6.18 Å². The van der Waals surface area contributed by atoms with Gasteiger partial charge in [0.2, 0.25) is 5.91 Å². The largest absolute Gasteiger partial charge is 0.408 e. The summed E-state index contributed by atoms with van der Waals surface area (Å²) in [5, 5.41) is 5.38. The van der Waals surface area contributed by atoms with Gasteiger partial charge in [-0.15, -0.1) is 0 Å². The predicted octanol–water partition coefficient (Wildman–Crippen LogP) is -0.779. The van der Waals surface area contributed by atoms with Gasteiger partial charge in [-0.2, -0.15) is 18.3 Å². The third kappa shape index (κ3) is 3.54. The smallest absolute Gasteiger partial charge is 0.328 e. The van der Waals surface area contributed by atoms with E-state index in [2.05, 4.69) is 5.10 Å². The second-order valence-corrected chi connectivity index (χ2v) is 4.18. The van der Waals surface area contributed by atoms with Gasteiger partial charge in [-0.3, -0.25) is 19.6 Å². The van der Waals surface area contributed by atoms with Crippen LogP contribution in [0.15, 0.2) is 12.3 Å². The van der Waals surface area contributed by atoms with Crippen molar-refractivity contribution in [2.24, 2.45) is 11.5 Å². The van der Waals surface area contributed by atoms with Crippen molar-refractivity contribution >= 4 is 11.8 Å². The maximum absolute atomic E-state index is 12.4. The van der Waals surface area contributed by atoms with Gasteiger partial charge < -0.3 is 11.5 Å². The third-order valence-electron chi connectivity index (χ3n) is 2.52. The Morgan fingerprint density at radius 1 is 1.45 bits per heavy atom. The minimum Gasteiger partial charge on any atom is -0.328 e. The quantitative estimate of drug-likeness (QED) is 0.673. The molecule has 0 aromatic carbocycles. The Labute approximate surface area is 112 Å². The average molecular weight is 293 g/mol. The molecule has 1 atom stereocenters. The normalized spacial score (nSPS) is 14.7. The number of amides is 2. The van der Waals surface area contributed by atoms with Gasteiger partial charge in [0.05, 0.1) is 5.69 Å². The number of alkyl halides is 3. The molecule has 112 valence electrons. The van der Waals surface area contributed by atoms with Crippen LogP contribution < -0.4 is 16.8 Å². The zero-order valence-corrected chi connectivity index (χ0v) is 10.6. The second-order valence-electron chi connectivity index (χ2n) is 4.18. The number of nitrogens with one attached hydrogen (secondary N) is 1. The van der Waals surface area contributed by atoms with Crippen LogP contribution in [0.3, 0.4) is 0 Å². The molecule has 2 amide bonds. The number of carbonyl (C=O) groups excluding carboxylic acids is 2. The van der Waals surface area contributed by atoms with Crippen molar-refractivity contribution < 1.29 is 22.8 Å². The molecule has 1 unspecified atom stereocenters. The Kier molecular flexibility index (Phi) is 4.50. The second kappa shape index (κ2) is 5.59. The lowest BCUT2D eigenvalue weighted by Gasteiger charge is -2.27. The minimum atomic E-state index is -4.53. The van der Waals surface area contributed by atoms with Crippen LogP contribution in [0.4, 0.5) is 13.2 Å². The van der Waals surface area contributed by atoms with Crippen LogP contribution in [0.25, 0.3) is 0 Å². The number of nitrogens with two attached hydrogens (primary N) is 2. The Morgan fingerprint density at radius 3 is 2.50 bits per heavy atom. The molecule has 0 aliphatic rings. The van der Waals surface area contributed by atoms with Gasteiger partial charge in [-0.25, -0.2) is 0 Å². The minimum absolute atomic E-state index is 0.226. The summed E-state index contributed by atoms with van der Waals surface area (Å²) in [6.07, 6.45) is -3.47. The number of rotatable bonds is 4. The molecule has 0 spiro atoms. The summed E-state index contributed by atoms with van der Waals surface area (Å²) in [4.78, 5) is 22.7. The van der Waals surface area contributed by atoms with Gasteiger partial charge in [-0.1, -0.05) is 0 Å². The van der Waals surface area contributed by atoms with Crippen molar-refractivity contribution in [3.63, 3.8) is 0 Å². The molecular weight excluding hydrogens is 279 g/mol. The Morgan fingerprint density at radius 2 is 2.05 bits per heavy atom. The van der Waals surface area contributed by atoms with E-state index in [1.54, 1.807) is 0 Å². The van der Waals surface area contributed by atoms with Gasteiger partial charge in [0.1, 0.15) is 6.54 Å². The van der Waals surface area contributed by atoms with Crippen molar-refractivity contribution in [2.75, 3.05) is 6.54 Å². The molecule has 1 aromatic rings. The van der Waals surface area contributed by atoms with Crippen molar-refractivity contribution in [1.29, 1.82) is 0 Å². The lowest BCUT2D eigenvalue weighted by atomic mass is 9.95. The molecule has 0 bridgehead atoms. The molecule has 1 heterocycles. The molecule has 0 saturated heterocycles. The lowest BCUT2D eigenvalue weighted by Crippen LogP contribution is -2.58. The predicted molar refractivity (Wildman–Crippen MR) is 62.0 cm³/mol. The maximum atomic E-state index is 12.4. The van der Waals surface area contributed by atoms with Gasteiger partial charge in [0.15, 0.2) is 5.54 Å². The highest BCUT2D eigenvalue weighted by Gasteiger charge is 2.40. The molecule has 0 saturated carbocycles. The number of hydrogen-bond acceptors (Lipinski definition) is 5. The third-order valence-corrected chi connectivity index (χ3v) is 2.52. The van der Waals surface area contributed by atoms with Crippen LogP contribution in [0, 0.1) is 0 Å². The van der Waals surface area contributed by atoms with Crippen molar-refractivity contribution in [3.8, 4) is 0 Å². The monoisotopic (exact) mass is 293 g/mol. The maximum Gasteiger partial charge on any atom is 0.408 e. The summed E-state index contributed by atoms with van der Waals surface area (Å²) >= 11 is 0. The van der Waals surface area contributed by atoms with E-state index in [-0.39, 0.29) is 5.69 Å². The fourth-order valence-corrected chi connectivity index (χ4v) is 1.59. The Bertz CT molecular complexity index is 513. The Balaban J connectivity index is 3.15. The van der Waals surface area contributed by atoms with Crippen LogP contribution in [0.1, 0.15) is 12.6 Å². The number of imide groups is 1. The molecule has 5 N–H and O–H groups in total. The first-order chi connectivity index (χ1) is 9.10. The van der Waals surface area contributed by atoms with E-state index in [0.717, 1.165) is 19.2 Å². The van der Waals surface area contributed by atoms with E-state index in [0.29, 0.717) is 4.68 Å². The van der Waals surface area contributed by atoms with E-state index in [9.17, 15) is 22.8 Å². The van der Waals surface area contributed by atoms with Gasteiger partial charge in [0.25, 0.3) is 5.91 Å². The van der Waals surface area contributed by atoms with E-state index in [1.807, 2.05) is 5.32 Å².